The number of aromatic nitrogens is 1. The van der Waals surface area contributed by atoms with E-state index in [1.54, 1.807) is 6.20 Å². The smallest absolute Gasteiger partial charge is 0.132 e. The fourth-order valence-corrected chi connectivity index (χ4v) is 1.35. The molecule has 2 aromatic rings. The van der Waals surface area contributed by atoms with Gasteiger partial charge < -0.3 is 10.1 Å². The van der Waals surface area contributed by atoms with Gasteiger partial charge in [0.1, 0.15) is 17.3 Å². The average molecular weight is 214 g/mol. The molecule has 0 bridgehead atoms. The van der Waals surface area contributed by atoms with E-state index in [9.17, 15) is 0 Å². The first-order chi connectivity index (χ1) is 7.78. The van der Waals surface area contributed by atoms with Crippen LogP contribution in [0.25, 0.3) is 0 Å². The first kappa shape index (κ1) is 10.5. The molecule has 16 heavy (non-hydrogen) atoms. The minimum Gasteiger partial charge on any atom is -0.457 e. The number of benzene rings is 1. The normalized spacial score (nSPS) is 9.88. The van der Waals surface area contributed by atoms with Crippen molar-refractivity contribution in [3.8, 4) is 11.5 Å². The number of nitrogens with one attached hydrogen (secondary N) is 1. The highest BCUT2D eigenvalue weighted by Gasteiger charge is 1.98. The SMILES string of the molecule is CNc1cc(Oc2ccc(C)cc2)ccn1. The Morgan fingerprint density at radius 1 is 1.06 bits per heavy atom. The zero-order valence-electron chi connectivity index (χ0n) is 9.40. The van der Waals surface area contributed by atoms with Gasteiger partial charge in [0.05, 0.1) is 0 Å². The fourth-order valence-electron chi connectivity index (χ4n) is 1.35. The van der Waals surface area contributed by atoms with Crippen molar-refractivity contribution >= 4 is 5.82 Å². The van der Waals surface area contributed by atoms with E-state index in [0.717, 1.165) is 17.3 Å². The Morgan fingerprint density at radius 3 is 2.50 bits per heavy atom. The topological polar surface area (TPSA) is 34.1 Å². The van der Waals surface area contributed by atoms with Gasteiger partial charge in [-0.3, -0.25) is 0 Å². The minimum absolute atomic E-state index is 0.781. The van der Waals surface area contributed by atoms with Crippen LogP contribution >= 0.6 is 0 Å². The van der Waals surface area contributed by atoms with Gasteiger partial charge in [-0.2, -0.15) is 0 Å². The van der Waals surface area contributed by atoms with Crippen LogP contribution in [0.1, 0.15) is 5.56 Å². The number of aryl methyl sites for hydroxylation is 1. The standard InChI is InChI=1S/C13H14N2O/c1-10-3-5-11(6-4-10)16-12-7-8-15-13(9-12)14-2/h3-9H,1-2H3,(H,14,15). The fraction of sp³-hybridized carbons (Fsp3) is 0.154. The molecular weight excluding hydrogens is 200 g/mol. The van der Waals surface area contributed by atoms with Gasteiger partial charge in [-0.25, -0.2) is 4.98 Å². The third kappa shape index (κ3) is 2.51. The molecule has 0 radical (unpaired) electrons. The molecule has 0 saturated carbocycles. The van der Waals surface area contributed by atoms with Crippen molar-refractivity contribution in [1.82, 2.24) is 4.98 Å². The Balaban J connectivity index is 2.16. The largest absolute Gasteiger partial charge is 0.457 e. The van der Waals surface area contributed by atoms with E-state index in [1.165, 1.54) is 5.56 Å². The van der Waals surface area contributed by atoms with Gasteiger partial charge in [0.15, 0.2) is 0 Å². The molecule has 0 spiro atoms. The summed E-state index contributed by atoms with van der Waals surface area (Å²) in [6, 6.07) is 11.6. The summed E-state index contributed by atoms with van der Waals surface area (Å²) in [5.74, 6) is 2.41. The molecule has 3 heteroatoms. The van der Waals surface area contributed by atoms with Gasteiger partial charge in [0, 0.05) is 19.3 Å². The number of pyridine rings is 1. The van der Waals surface area contributed by atoms with E-state index in [4.69, 9.17) is 4.74 Å². The van der Waals surface area contributed by atoms with E-state index >= 15 is 0 Å². The van der Waals surface area contributed by atoms with E-state index in [2.05, 4.69) is 17.2 Å². The van der Waals surface area contributed by atoms with Crippen LogP contribution < -0.4 is 10.1 Å². The molecule has 3 nitrogen and oxygen atoms in total. The lowest BCUT2D eigenvalue weighted by Crippen LogP contribution is -1.92. The maximum Gasteiger partial charge on any atom is 0.132 e. The Kier molecular flexibility index (Phi) is 3.05. The predicted octanol–water partition coefficient (Wildman–Crippen LogP) is 3.22. The number of ether oxygens (including phenoxy) is 1. The van der Waals surface area contributed by atoms with Crippen LogP contribution in [-0.2, 0) is 0 Å². The molecule has 0 fully saturated rings. The lowest BCUT2D eigenvalue weighted by Gasteiger charge is -2.06. The number of nitrogens with zero attached hydrogens (tertiary/aromatic N) is 1. The van der Waals surface area contributed by atoms with E-state index < -0.39 is 0 Å². The zero-order valence-corrected chi connectivity index (χ0v) is 9.40. The Labute approximate surface area is 95.1 Å². The Bertz CT molecular complexity index is 466. The number of hydrogen-bond donors (Lipinski definition) is 1. The predicted molar refractivity (Wildman–Crippen MR) is 65.0 cm³/mol. The molecule has 1 heterocycles. The van der Waals surface area contributed by atoms with Gasteiger partial charge in [0.25, 0.3) is 0 Å². The second-order valence-electron chi connectivity index (χ2n) is 3.54. The molecular formula is C13H14N2O. The molecule has 0 aliphatic carbocycles. The second-order valence-corrected chi connectivity index (χ2v) is 3.54. The molecule has 1 aromatic carbocycles. The summed E-state index contributed by atoms with van der Waals surface area (Å²) >= 11 is 0. The lowest BCUT2D eigenvalue weighted by molar-refractivity contribution is 0.482. The summed E-state index contributed by atoms with van der Waals surface area (Å²) < 4.78 is 5.70. The highest BCUT2D eigenvalue weighted by Crippen LogP contribution is 2.22. The molecule has 0 unspecified atom stereocenters. The lowest BCUT2D eigenvalue weighted by atomic mass is 10.2. The summed E-state index contributed by atoms with van der Waals surface area (Å²) in [7, 11) is 1.83. The molecule has 1 N–H and O–H groups in total. The van der Waals surface area contributed by atoms with Crippen molar-refractivity contribution in [2.24, 2.45) is 0 Å². The quantitative estimate of drug-likeness (QED) is 0.851. The van der Waals surface area contributed by atoms with Crippen LogP contribution in [0, 0.1) is 6.92 Å². The molecule has 1 aromatic heterocycles. The molecule has 0 aliphatic rings. The Morgan fingerprint density at radius 2 is 1.81 bits per heavy atom. The van der Waals surface area contributed by atoms with Crippen LogP contribution in [0.2, 0.25) is 0 Å². The summed E-state index contributed by atoms with van der Waals surface area (Å²) in [6.45, 7) is 2.05. The van der Waals surface area contributed by atoms with E-state index in [1.807, 2.05) is 43.4 Å². The molecule has 2 rings (SSSR count). The third-order valence-electron chi connectivity index (χ3n) is 2.24. The zero-order chi connectivity index (χ0) is 11.4. The van der Waals surface area contributed by atoms with Crippen molar-refractivity contribution < 1.29 is 4.74 Å². The minimum atomic E-state index is 0.781. The van der Waals surface area contributed by atoms with Gasteiger partial charge in [0.2, 0.25) is 0 Å². The van der Waals surface area contributed by atoms with Crippen molar-refractivity contribution in [1.29, 1.82) is 0 Å². The first-order valence-electron chi connectivity index (χ1n) is 5.16. The molecule has 0 amide bonds. The first-order valence-corrected chi connectivity index (χ1v) is 5.16. The monoisotopic (exact) mass is 214 g/mol. The highest BCUT2D eigenvalue weighted by atomic mass is 16.5. The summed E-state index contributed by atoms with van der Waals surface area (Å²) in [6.07, 6.45) is 1.72. The van der Waals surface area contributed by atoms with Gasteiger partial charge in [-0.15, -0.1) is 0 Å². The maximum atomic E-state index is 5.70. The molecule has 0 atom stereocenters. The summed E-state index contributed by atoms with van der Waals surface area (Å²) in [5, 5.41) is 2.97. The van der Waals surface area contributed by atoms with Gasteiger partial charge in [-0.1, -0.05) is 17.7 Å². The van der Waals surface area contributed by atoms with E-state index in [-0.39, 0.29) is 0 Å². The van der Waals surface area contributed by atoms with E-state index in [0.29, 0.717) is 0 Å². The third-order valence-corrected chi connectivity index (χ3v) is 2.24. The summed E-state index contributed by atoms with van der Waals surface area (Å²) in [4.78, 5) is 4.12. The van der Waals surface area contributed by atoms with Crippen molar-refractivity contribution in [3.05, 3.63) is 48.2 Å². The van der Waals surface area contributed by atoms with Crippen LogP contribution in [-0.4, -0.2) is 12.0 Å². The van der Waals surface area contributed by atoms with Crippen molar-refractivity contribution in [3.63, 3.8) is 0 Å². The average Bonchev–Trinajstić information content (AvgIpc) is 2.32. The number of hydrogen-bond acceptors (Lipinski definition) is 3. The Hall–Kier alpha value is -2.03. The highest BCUT2D eigenvalue weighted by molar-refractivity contribution is 5.42. The van der Waals surface area contributed by atoms with Crippen molar-refractivity contribution in [2.45, 2.75) is 6.92 Å². The van der Waals surface area contributed by atoms with Crippen LogP contribution in [0.3, 0.4) is 0 Å². The van der Waals surface area contributed by atoms with Crippen LogP contribution in [0.5, 0.6) is 11.5 Å². The molecule has 82 valence electrons. The van der Waals surface area contributed by atoms with Crippen LogP contribution in [0.15, 0.2) is 42.6 Å². The second kappa shape index (κ2) is 4.66. The van der Waals surface area contributed by atoms with Crippen molar-refractivity contribution in [2.75, 3.05) is 12.4 Å². The number of rotatable bonds is 3. The summed E-state index contributed by atoms with van der Waals surface area (Å²) in [5.41, 5.74) is 1.22. The number of anilines is 1. The molecule has 0 aliphatic heterocycles. The van der Waals surface area contributed by atoms with Crippen LogP contribution in [0.4, 0.5) is 5.82 Å². The van der Waals surface area contributed by atoms with Gasteiger partial charge in [-0.05, 0) is 25.1 Å². The maximum absolute atomic E-state index is 5.70. The van der Waals surface area contributed by atoms with Gasteiger partial charge >= 0.3 is 0 Å². The molecule has 0 saturated heterocycles.